The number of fused-ring (bicyclic) bond motifs is 3. The molecule has 282 valence electrons. The molecule has 9 rings (SSSR count). The summed E-state index contributed by atoms with van der Waals surface area (Å²) in [7, 11) is 0. The largest absolute Gasteiger partial charge is 2.00 e. The Bertz CT molecular complexity index is 2780. The van der Waals surface area contributed by atoms with Gasteiger partial charge >= 0.3 is 21.1 Å². The van der Waals surface area contributed by atoms with Crippen molar-refractivity contribution < 1.29 is 35.3 Å². The Kier molecular flexibility index (Phi) is 10.3. The van der Waals surface area contributed by atoms with E-state index in [2.05, 4.69) is 79.9 Å². The van der Waals surface area contributed by atoms with Gasteiger partial charge in [-0.25, -0.2) is 4.98 Å². The van der Waals surface area contributed by atoms with Crippen LogP contribution in [0.2, 0.25) is 0 Å². The fourth-order valence-corrected chi connectivity index (χ4v) is 6.91. The van der Waals surface area contributed by atoms with Crippen molar-refractivity contribution in [1.82, 2.24) is 19.3 Å². The molecular weight excluding hydrogens is 888 g/mol. The van der Waals surface area contributed by atoms with Gasteiger partial charge in [0, 0.05) is 35.0 Å². The zero-order valence-electron chi connectivity index (χ0n) is 31.8. The predicted octanol–water partition coefficient (Wildman–Crippen LogP) is 12.6. The van der Waals surface area contributed by atoms with Crippen molar-refractivity contribution in [3.05, 3.63) is 181 Å². The number of aryl methyl sites for hydroxylation is 1. The van der Waals surface area contributed by atoms with Gasteiger partial charge < -0.3 is 18.8 Å². The standard InChI is InChI=1S/C49H38N4O3.Pt/c1-33-26-45(55-37-15-7-5-8-16-37)48(46(27-33)56-38-17-9-6-10-18-38)34-31-51-52(32-34)36-14-13-19-39(29-36)54-40-22-23-42-41-20-11-12-21-43(41)53(44(42)30-40)47-28-35(24-25-50-47)49(2,3)4;/h5-28,31-32H,1-4H3;/q-2;+2. The number of pyridine rings is 1. The molecule has 7 nitrogen and oxygen atoms in total. The predicted molar refractivity (Wildman–Crippen MR) is 222 cm³/mol. The molecule has 0 aliphatic heterocycles. The number of hydrogen-bond donors (Lipinski definition) is 0. The van der Waals surface area contributed by atoms with Gasteiger partial charge in [0.15, 0.2) is 0 Å². The maximum atomic E-state index is 6.48. The minimum absolute atomic E-state index is 0. The van der Waals surface area contributed by atoms with E-state index in [-0.39, 0.29) is 26.5 Å². The Hall–Kier alpha value is -6.43. The second kappa shape index (κ2) is 15.6. The van der Waals surface area contributed by atoms with Crippen LogP contribution in [-0.2, 0) is 26.5 Å². The van der Waals surface area contributed by atoms with Crippen LogP contribution in [0.15, 0.2) is 158 Å². The third-order valence-corrected chi connectivity index (χ3v) is 9.64. The Labute approximate surface area is 346 Å². The van der Waals surface area contributed by atoms with Crippen LogP contribution >= 0.6 is 0 Å². The zero-order valence-corrected chi connectivity index (χ0v) is 34.1. The van der Waals surface area contributed by atoms with E-state index < -0.39 is 0 Å². The normalized spacial score (nSPS) is 11.4. The number of aromatic nitrogens is 4. The maximum Gasteiger partial charge on any atom is 2.00 e. The Morgan fingerprint density at radius 1 is 0.632 bits per heavy atom. The molecule has 0 aliphatic carbocycles. The molecule has 0 radical (unpaired) electrons. The van der Waals surface area contributed by atoms with Crippen LogP contribution in [0.4, 0.5) is 0 Å². The average molecular weight is 926 g/mol. The molecule has 0 bridgehead atoms. The summed E-state index contributed by atoms with van der Waals surface area (Å²) >= 11 is 0. The molecule has 57 heavy (non-hydrogen) atoms. The topological polar surface area (TPSA) is 63.3 Å². The van der Waals surface area contributed by atoms with Gasteiger partial charge in [-0.05, 0) is 89.1 Å². The van der Waals surface area contributed by atoms with Gasteiger partial charge in [-0.15, -0.1) is 35.7 Å². The maximum absolute atomic E-state index is 6.48. The molecule has 0 spiro atoms. The first-order chi connectivity index (χ1) is 27.3. The number of rotatable bonds is 9. The fraction of sp³-hybridized carbons (Fsp3) is 0.102. The van der Waals surface area contributed by atoms with Crippen molar-refractivity contribution in [3.63, 3.8) is 0 Å². The molecule has 0 unspecified atom stereocenters. The van der Waals surface area contributed by atoms with Crippen molar-refractivity contribution >= 4 is 21.8 Å². The van der Waals surface area contributed by atoms with Crippen molar-refractivity contribution in [1.29, 1.82) is 0 Å². The van der Waals surface area contributed by atoms with Crippen molar-refractivity contribution in [2.24, 2.45) is 0 Å². The molecule has 0 saturated carbocycles. The smallest absolute Gasteiger partial charge is 0.509 e. The average Bonchev–Trinajstić information content (AvgIpc) is 3.82. The van der Waals surface area contributed by atoms with Crippen LogP contribution in [0.1, 0.15) is 31.9 Å². The second-order valence-electron chi connectivity index (χ2n) is 14.7. The third-order valence-electron chi connectivity index (χ3n) is 9.64. The summed E-state index contributed by atoms with van der Waals surface area (Å²) in [4.78, 5) is 4.81. The molecule has 0 amide bonds. The third kappa shape index (κ3) is 7.72. The van der Waals surface area contributed by atoms with E-state index in [1.807, 2.05) is 123 Å². The number of ether oxygens (including phenoxy) is 3. The minimum atomic E-state index is -0.0266. The first-order valence-corrected chi connectivity index (χ1v) is 18.6. The molecule has 6 aromatic carbocycles. The summed E-state index contributed by atoms with van der Waals surface area (Å²) in [5.41, 5.74) is 6.42. The first-order valence-electron chi connectivity index (χ1n) is 18.6. The van der Waals surface area contributed by atoms with Gasteiger partial charge in [-0.2, -0.15) is 17.2 Å². The number of benzene rings is 6. The van der Waals surface area contributed by atoms with Gasteiger partial charge in [0.25, 0.3) is 0 Å². The molecule has 0 atom stereocenters. The van der Waals surface area contributed by atoms with Gasteiger partial charge in [0.1, 0.15) is 28.8 Å². The van der Waals surface area contributed by atoms with Gasteiger partial charge in [-0.1, -0.05) is 80.9 Å². The molecule has 3 aromatic heterocycles. The SMILES string of the molecule is Cc1cc(Oc2ccccc2)c(-c2cnn(-c3[c-]c(Oc4[c-]c5c(cc4)c4ccccc4n5-c4cc(C(C)(C)C)ccn4)ccc3)c2)c(Oc2ccccc2)c1.[Pt+2]. The number of hydrogen-bond acceptors (Lipinski definition) is 5. The Morgan fingerprint density at radius 3 is 2.00 bits per heavy atom. The first kappa shape index (κ1) is 37.5. The molecule has 9 aromatic rings. The molecule has 0 aliphatic rings. The summed E-state index contributed by atoms with van der Waals surface area (Å²) in [6.07, 6.45) is 5.64. The summed E-state index contributed by atoms with van der Waals surface area (Å²) in [5, 5.41) is 6.96. The van der Waals surface area contributed by atoms with Crippen LogP contribution < -0.4 is 14.2 Å². The minimum Gasteiger partial charge on any atom is -0.509 e. The van der Waals surface area contributed by atoms with Crippen molar-refractivity contribution in [3.8, 4) is 57.1 Å². The monoisotopic (exact) mass is 925 g/mol. The van der Waals surface area contributed by atoms with E-state index >= 15 is 0 Å². The van der Waals surface area contributed by atoms with Crippen molar-refractivity contribution in [2.75, 3.05) is 0 Å². The number of para-hydroxylation sites is 3. The zero-order chi connectivity index (χ0) is 38.2. The van der Waals surface area contributed by atoms with Crippen LogP contribution in [0, 0.1) is 19.1 Å². The van der Waals surface area contributed by atoms with Crippen molar-refractivity contribution in [2.45, 2.75) is 33.1 Å². The van der Waals surface area contributed by atoms with E-state index in [1.165, 1.54) is 5.56 Å². The summed E-state index contributed by atoms with van der Waals surface area (Å²) in [6.45, 7) is 8.66. The summed E-state index contributed by atoms with van der Waals surface area (Å²) in [5.74, 6) is 4.69. The van der Waals surface area contributed by atoms with E-state index in [0.29, 0.717) is 28.7 Å². The Balaban J connectivity index is 0.00000455. The molecule has 3 heterocycles. The Morgan fingerprint density at radius 2 is 1.30 bits per heavy atom. The van der Waals surface area contributed by atoms with E-state index in [1.54, 1.807) is 4.68 Å². The number of nitrogens with zero attached hydrogens (tertiary/aromatic N) is 4. The van der Waals surface area contributed by atoms with E-state index in [9.17, 15) is 0 Å². The molecule has 0 fully saturated rings. The van der Waals surface area contributed by atoms with Crippen LogP contribution in [0.5, 0.6) is 34.5 Å². The van der Waals surface area contributed by atoms with Crippen LogP contribution in [0.3, 0.4) is 0 Å². The van der Waals surface area contributed by atoms with Gasteiger partial charge in [0.2, 0.25) is 0 Å². The molecule has 0 saturated heterocycles. The van der Waals surface area contributed by atoms with E-state index in [4.69, 9.17) is 24.3 Å². The van der Waals surface area contributed by atoms with Crippen LogP contribution in [0.25, 0.3) is 44.4 Å². The summed E-state index contributed by atoms with van der Waals surface area (Å²) in [6, 6.07) is 52.9. The molecule has 8 heteroatoms. The van der Waals surface area contributed by atoms with E-state index in [0.717, 1.165) is 55.8 Å². The van der Waals surface area contributed by atoms with Crippen LogP contribution in [-0.4, -0.2) is 19.3 Å². The molecular formula is C49H38N4O3Pt. The van der Waals surface area contributed by atoms with Gasteiger partial charge in [0.05, 0.1) is 11.8 Å². The van der Waals surface area contributed by atoms with Gasteiger partial charge in [-0.3, -0.25) is 4.68 Å². The molecule has 0 N–H and O–H groups in total. The fourth-order valence-electron chi connectivity index (χ4n) is 6.91. The summed E-state index contributed by atoms with van der Waals surface area (Å²) < 4.78 is 23.4. The quantitative estimate of drug-likeness (QED) is 0.135. The second-order valence-corrected chi connectivity index (χ2v) is 14.7.